The van der Waals surface area contributed by atoms with Crippen molar-refractivity contribution in [2.45, 2.75) is 56.9 Å². The van der Waals surface area contributed by atoms with Crippen LogP contribution in [0.2, 0.25) is 0 Å². The van der Waals surface area contributed by atoms with E-state index in [1.807, 2.05) is 4.90 Å². The number of phenols is 1. The molecule has 11 heteroatoms. The molecular formula is C31H31F3N4O4. The van der Waals surface area contributed by atoms with E-state index in [2.05, 4.69) is 14.9 Å². The van der Waals surface area contributed by atoms with Gasteiger partial charge in [-0.2, -0.15) is 9.97 Å². The van der Waals surface area contributed by atoms with E-state index >= 15 is 4.39 Å². The normalized spacial score (nSPS) is 23.2. The third-order valence-corrected chi connectivity index (χ3v) is 9.07. The Bertz CT molecular complexity index is 1760. The summed E-state index contributed by atoms with van der Waals surface area (Å²) in [7, 11) is 0. The zero-order valence-electron chi connectivity index (χ0n) is 23.2. The van der Waals surface area contributed by atoms with Gasteiger partial charge in [0.05, 0.1) is 11.1 Å². The molecular weight excluding hydrogens is 549 g/mol. The van der Waals surface area contributed by atoms with Gasteiger partial charge < -0.3 is 19.2 Å². The lowest BCUT2D eigenvalue weighted by atomic mass is 9.95. The fourth-order valence-corrected chi connectivity index (χ4v) is 7.02. The molecule has 42 heavy (non-hydrogen) atoms. The Balaban J connectivity index is 1.39. The van der Waals surface area contributed by atoms with Crippen LogP contribution in [0.3, 0.4) is 0 Å². The number of benzene rings is 2. The van der Waals surface area contributed by atoms with Crippen molar-refractivity contribution in [2.24, 2.45) is 0 Å². The Hall–Kier alpha value is -3.86. The predicted octanol–water partition coefficient (Wildman–Crippen LogP) is 5.45. The van der Waals surface area contributed by atoms with E-state index in [4.69, 9.17) is 9.15 Å². The molecule has 2 aromatic heterocycles. The molecule has 1 N–H and O–H groups in total. The summed E-state index contributed by atoms with van der Waals surface area (Å²) in [5, 5.41) is 11.2. The molecule has 0 unspecified atom stereocenters. The number of aromatic hydroxyl groups is 1. The van der Waals surface area contributed by atoms with Crippen molar-refractivity contribution in [2.75, 3.05) is 37.7 Å². The number of alkyl halides is 2. The molecule has 2 atom stereocenters. The quantitative estimate of drug-likeness (QED) is 0.333. The van der Waals surface area contributed by atoms with Crippen LogP contribution in [-0.2, 0) is 0 Å². The molecule has 0 radical (unpaired) electrons. The van der Waals surface area contributed by atoms with Gasteiger partial charge in [0.25, 0.3) is 0 Å². The first-order valence-corrected chi connectivity index (χ1v) is 14.4. The lowest BCUT2D eigenvalue weighted by Gasteiger charge is -2.32. The van der Waals surface area contributed by atoms with Crippen molar-refractivity contribution in [3.63, 3.8) is 0 Å². The van der Waals surface area contributed by atoms with Gasteiger partial charge in [0.1, 0.15) is 41.7 Å². The maximum atomic E-state index is 15.1. The number of rotatable bonds is 5. The van der Waals surface area contributed by atoms with Crippen molar-refractivity contribution in [3.05, 3.63) is 52.1 Å². The molecule has 0 saturated carbocycles. The Morgan fingerprint density at radius 1 is 1.12 bits per heavy atom. The van der Waals surface area contributed by atoms with Crippen molar-refractivity contribution in [1.82, 2.24) is 14.9 Å². The lowest BCUT2D eigenvalue weighted by molar-refractivity contribution is 0.107. The molecule has 4 aromatic rings. The summed E-state index contributed by atoms with van der Waals surface area (Å²) < 4.78 is 55.5. The zero-order chi connectivity index (χ0) is 29.2. The highest BCUT2D eigenvalue weighted by Crippen LogP contribution is 2.41. The number of phenolic OH excluding ortho intramolecular Hbond substituents is 1. The summed E-state index contributed by atoms with van der Waals surface area (Å²) in [6, 6.07) is 7.31. The molecule has 3 saturated heterocycles. The number of anilines is 1. The summed E-state index contributed by atoms with van der Waals surface area (Å²) in [6.07, 6.45) is 0.850. The smallest absolute Gasteiger partial charge is 0.349 e. The molecule has 0 bridgehead atoms. The molecule has 0 amide bonds. The Morgan fingerprint density at radius 3 is 2.74 bits per heavy atom. The first kappa shape index (κ1) is 27.0. The van der Waals surface area contributed by atoms with E-state index in [0.29, 0.717) is 37.0 Å². The number of fused-ring (bicyclic) bond motifs is 3. The molecule has 5 heterocycles. The first-order valence-electron chi connectivity index (χ1n) is 14.4. The van der Waals surface area contributed by atoms with Crippen LogP contribution in [0.5, 0.6) is 11.8 Å². The average Bonchev–Trinajstić information content (AvgIpc) is 3.49. The third kappa shape index (κ3) is 4.45. The maximum absolute atomic E-state index is 15.1. The molecule has 0 spiro atoms. The molecule has 7 rings (SSSR count). The molecule has 3 aliphatic heterocycles. The molecule has 2 aromatic carbocycles. The summed E-state index contributed by atoms with van der Waals surface area (Å²) in [6.45, 7) is 3.77. The van der Waals surface area contributed by atoms with Crippen LogP contribution in [0, 0.1) is 12.7 Å². The van der Waals surface area contributed by atoms with E-state index < -0.39 is 29.3 Å². The number of ether oxygens (including phenoxy) is 1. The van der Waals surface area contributed by atoms with Gasteiger partial charge in [0.2, 0.25) is 0 Å². The second-order valence-electron chi connectivity index (χ2n) is 11.8. The predicted molar refractivity (Wildman–Crippen MR) is 152 cm³/mol. The molecule has 0 aliphatic carbocycles. The first-order chi connectivity index (χ1) is 20.2. The molecule has 3 aliphatic rings. The fourth-order valence-electron chi connectivity index (χ4n) is 7.02. The van der Waals surface area contributed by atoms with E-state index in [1.165, 1.54) is 24.3 Å². The topological polar surface area (TPSA) is 91.9 Å². The largest absolute Gasteiger partial charge is 0.508 e. The number of aryl methyl sites for hydroxylation is 1. The fraction of sp³-hybridized carbons (Fsp3) is 0.452. The highest BCUT2D eigenvalue weighted by atomic mass is 19.1. The standard InChI is InChI=1S/C31H31F3N4O4/c1-17-26-25(29(40)42-27(17)22-13-21(39)12-18-4-2-5-23(34)24(18)22)28(37-10-6-19(32)7-11-37)36-30(35-26)41-16-31-8-3-9-38(31)15-20(33)14-31/h2,4-5,12-13,19-20,39H,3,6-11,14-16H2,1H3/t20-,31+/m1/s1. The van der Waals surface area contributed by atoms with Gasteiger partial charge in [-0.1, -0.05) is 12.1 Å². The number of aromatic nitrogens is 2. The Kier molecular flexibility index (Phi) is 6.52. The summed E-state index contributed by atoms with van der Waals surface area (Å²) in [5.74, 6) is -0.301. The van der Waals surface area contributed by atoms with Crippen LogP contribution in [-0.4, -0.2) is 70.6 Å². The summed E-state index contributed by atoms with van der Waals surface area (Å²) in [5.41, 5.74) is -0.274. The highest BCUT2D eigenvalue weighted by Gasteiger charge is 2.49. The van der Waals surface area contributed by atoms with Crippen molar-refractivity contribution < 1.29 is 27.4 Å². The van der Waals surface area contributed by atoms with E-state index in [9.17, 15) is 18.7 Å². The van der Waals surface area contributed by atoms with E-state index in [1.54, 1.807) is 13.0 Å². The van der Waals surface area contributed by atoms with Crippen LogP contribution >= 0.6 is 0 Å². The van der Waals surface area contributed by atoms with Gasteiger partial charge in [-0.25, -0.2) is 18.0 Å². The van der Waals surface area contributed by atoms with Crippen LogP contribution < -0.4 is 15.3 Å². The van der Waals surface area contributed by atoms with Gasteiger partial charge in [0.15, 0.2) is 5.82 Å². The Morgan fingerprint density at radius 2 is 1.93 bits per heavy atom. The van der Waals surface area contributed by atoms with Gasteiger partial charge in [0, 0.05) is 42.6 Å². The SMILES string of the molecule is Cc1c(-c2cc(O)cc3cccc(F)c23)oc(=O)c2c(N3CCC(F)CC3)nc(OC[C@@]34CCCN3C[C@H](F)C4)nc12. The van der Waals surface area contributed by atoms with Gasteiger partial charge in [-0.05, 0) is 62.7 Å². The van der Waals surface area contributed by atoms with Crippen LogP contribution in [0.25, 0.3) is 33.0 Å². The van der Waals surface area contributed by atoms with E-state index in [-0.39, 0.29) is 64.6 Å². The zero-order valence-corrected chi connectivity index (χ0v) is 23.2. The number of hydrogen-bond donors (Lipinski definition) is 1. The maximum Gasteiger partial charge on any atom is 0.349 e. The minimum Gasteiger partial charge on any atom is -0.508 e. The van der Waals surface area contributed by atoms with Gasteiger partial charge in [-0.3, -0.25) is 4.90 Å². The van der Waals surface area contributed by atoms with E-state index in [0.717, 1.165) is 19.4 Å². The number of hydrogen-bond acceptors (Lipinski definition) is 8. The molecule has 3 fully saturated rings. The minimum absolute atomic E-state index is 0.0232. The van der Waals surface area contributed by atoms with Crippen molar-refractivity contribution in [1.29, 1.82) is 0 Å². The van der Waals surface area contributed by atoms with Crippen LogP contribution in [0.15, 0.2) is 39.5 Å². The van der Waals surface area contributed by atoms with Crippen molar-refractivity contribution in [3.8, 4) is 23.1 Å². The number of halogens is 3. The number of nitrogens with zero attached hydrogens (tertiary/aromatic N) is 4. The number of piperidine rings is 1. The third-order valence-electron chi connectivity index (χ3n) is 9.07. The monoisotopic (exact) mass is 580 g/mol. The molecule has 220 valence electrons. The van der Waals surface area contributed by atoms with Crippen LogP contribution in [0.4, 0.5) is 19.0 Å². The van der Waals surface area contributed by atoms with Gasteiger partial charge >= 0.3 is 11.6 Å². The van der Waals surface area contributed by atoms with Crippen molar-refractivity contribution >= 4 is 27.5 Å². The summed E-state index contributed by atoms with van der Waals surface area (Å²) in [4.78, 5) is 26.9. The average molecular weight is 581 g/mol. The summed E-state index contributed by atoms with van der Waals surface area (Å²) >= 11 is 0. The second kappa shape index (κ2) is 10.1. The second-order valence-corrected chi connectivity index (χ2v) is 11.8. The Labute approximate surface area is 239 Å². The van der Waals surface area contributed by atoms with Crippen LogP contribution in [0.1, 0.15) is 37.7 Å². The lowest BCUT2D eigenvalue weighted by Crippen LogP contribution is -2.43. The molecule has 8 nitrogen and oxygen atoms in total. The minimum atomic E-state index is -0.938. The van der Waals surface area contributed by atoms with Gasteiger partial charge in [-0.15, -0.1) is 0 Å². The highest BCUT2D eigenvalue weighted by molar-refractivity contribution is 6.00.